The molecule has 8 heteroatoms. The number of nitrogens with one attached hydrogen (secondary N) is 1. The Morgan fingerprint density at radius 1 is 1.07 bits per heavy atom. The van der Waals surface area contributed by atoms with E-state index < -0.39 is 17.5 Å². The Balaban J connectivity index is 1.71. The summed E-state index contributed by atoms with van der Waals surface area (Å²) in [6.45, 7) is 0.100. The number of aromatic nitrogens is 3. The topological polar surface area (TPSA) is 85.8 Å². The lowest BCUT2D eigenvalue weighted by atomic mass is 10.1. The van der Waals surface area contributed by atoms with Gasteiger partial charge in [-0.3, -0.25) is 9.36 Å². The Hall–Kier alpha value is -3.81. The van der Waals surface area contributed by atoms with E-state index in [1.165, 1.54) is 18.3 Å². The lowest BCUT2D eigenvalue weighted by molar-refractivity contribution is 0.100. The molecule has 140 valence electrons. The number of amides is 1. The molecule has 3 N–H and O–H groups in total. The molecule has 0 spiro atoms. The largest absolute Gasteiger partial charge is 0.380 e. The maximum Gasteiger partial charge on any atom is 0.252 e. The van der Waals surface area contributed by atoms with Crippen LogP contribution in [0.5, 0.6) is 0 Å². The van der Waals surface area contributed by atoms with Crippen molar-refractivity contribution in [3.8, 4) is 5.82 Å². The van der Waals surface area contributed by atoms with E-state index in [1.54, 1.807) is 17.0 Å². The van der Waals surface area contributed by atoms with Gasteiger partial charge in [-0.25, -0.2) is 18.7 Å². The highest BCUT2D eigenvalue weighted by atomic mass is 19.1. The van der Waals surface area contributed by atoms with Gasteiger partial charge < -0.3 is 11.1 Å². The van der Waals surface area contributed by atoms with Crippen LogP contribution in [0.15, 0.2) is 61.1 Å². The minimum atomic E-state index is -0.674. The van der Waals surface area contributed by atoms with Gasteiger partial charge in [0.15, 0.2) is 0 Å². The van der Waals surface area contributed by atoms with Gasteiger partial charge >= 0.3 is 0 Å². The number of carbonyl (C=O) groups excluding carboxylic acids is 1. The molecule has 2 aromatic heterocycles. The zero-order valence-electron chi connectivity index (χ0n) is 14.6. The summed E-state index contributed by atoms with van der Waals surface area (Å²) in [6, 6.07) is 12.4. The molecule has 0 radical (unpaired) electrons. The molecule has 2 heterocycles. The molecule has 28 heavy (non-hydrogen) atoms. The third kappa shape index (κ3) is 3.39. The molecule has 4 rings (SSSR count). The molecule has 0 saturated carbocycles. The van der Waals surface area contributed by atoms with E-state index in [0.29, 0.717) is 17.1 Å². The third-order valence-corrected chi connectivity index (χ3v) is 4.26. The summed E-state index contributed by atoms with van der Waals surface area (Å²) in [4.78, 5) is 20.4. The number of nitrogens with zero attached hydrogens (tertiary/aromatic N) is 3. The highest BCUT2D eigenvalue weighted by Crippen LogP contribution is 2.22. The Morgan fingerprint density at radius 2 is 1.82 bits per heavy atom. The number of fused-ring (bicyclic) bond motifs is 1. The summed E-state index contributed by atoms with van der Waals surface area (Å²) in [5.74, 6) is -1.49. The number of nitrogens with two attached hydrogens (primary N) is 1. The number of primary amides is 1. The number of rotatable bonds is 5. The van der Waals surface area contributed by atoms with Crippen LogP contribution >= 0.6 is 0 Å². The Kier molecular flexibility index (Phi) is 4.44. The van der Waals surface area contributed by atoms with Crippen molar-refractivity contribution in [3.63, 3.8) is 0 Å². The Bertz CT molecular complexity index is 1170. The van der Waals surface area contributed by atoms with Gasteiger partial charge in [0.1, 0.15) is 23.8 Å². The molecule has 0 saturated heterocycles. The number of hydrogen-bond acceptors (Lipinski definition) is 4. The minimum absolute atomic E-state index is 0.100. The van der Waals surface area contributed by atoms with Crippen molar-refractivity contribution in [2.45, 2.75) is 6.54 Å². The molecule has 0 bridgehead atoms. The molecule has 6 nitrogen and oxygen atoms in total. The van der Waals surface area contributed by atoms with Crippen LogP contribution < -0.4 is 11.1 Å². The van der Waals surface area contributed by atoms with Crippen molar-refractivity contribution in [3.05, 3.63) is 83.8 Å². The Morgan fingerprint density at radius 3 is 2.57 bits per heavy atom. The molecule has 0 unspecified atom stereocenters. The average molecular weight is 379 g/mol. The fraction of sp³-hybridized carbons (Fsp3) is 0.0500. The molecule has 0 aliphatic heterocycles. The van der Waals surface area contributed by atoms with E-state index in [1.807, 2.05) is 24.3 Å². The molecule has 1 amide bonds. The highest BCUT2D eigenvalue weighted by Gasteiger charge is 2.13. The van der Waals surface area contributed by atoms with Gasteiger partial charge in [0.05, 0.1) is 22.3 Å². The molecule has 0 aliphatic carbocycles. The van der Waals surface area contributed by atoms with Crippen LogP contribution in [0.25, 0.3) is 16.9 Å². The number of hydrogen-bond donors (Lipinski definition) is 2. The summed E-state index contributed by atoms with van der Waals surface area (Å²) in [5, 5.41) is 3.01. The van der Waals surface area contributed by atoms with Gasteiger partial charge in [-0.2, -0.15) is 0 Å². The van der Waals surface area contributed by atoms with E-state index >= 15 is 0 Å². The predicted octanol–water partition coefficient (Wildman–Crippen LogP) is 3.41. The zero-order valence-corrected chi connectivity index (χ0v) is 14.6. The molecular formula is C20H15F2N5O. The first-order chi connectivity index (χ1) is 13.5. The van der Waals surface area contributed by atoms with Crippen molar-refractivity contribution < 1.29 is 13.6 Å². The molecule has 0 fully saturated rings. The number of imidazole rings is 1. The fourth-order valence-electron chi connectivity index (χ4n) is 2.97. The summed E-state index contributed by atoms with van der Waals surface area (Å²) in [6.07, 6.45) is 2.99. The maximum atomic E-state index is 13.4. The van der Waals surface area contributed by atoms with Crippen molar-refractivity contribution in [2.75, 3.05) is 5.32 Å². The van der Waals surface area contributed by atoms with E-state index in [9.17, 15) is 13.6 Å². The first kappa shape index (κ1) is 17.6. The minimum Gasteiger partial charge on any atom is -0.380 e. The molecule has 0 aliphatic rings. The fourth-order valence-corrected chi connectivity index (χ4v) is 2.97. The average Bonchev–Trinajstić information content (AvgIpc) is 3.09. The number of para-hydroxylation sites is 2. The number of benzene rings is 2. The predicted molar refractivity (Wildman–Crippen MR) is 101 cm³/mol. The van der Waals surface area contributed by atoms with Gasteiger partial charge in [0.25, 0.3) is 5.91 Å². The van der Waals surface area contributed by atoms with Crippen molar-refractivity contribution in [2.24, 2.45) is 5.73 Å². The molecular weight excluding hydrogens is 364 g/mol. The maximum absolute atomic E-state index is 13.4. The van der Waals surface area contributed by atoms with Crippen LogP contribution in [-0.4, -0.2) is 20.4 Å². The first-order valence-electron chi connectivity index (χ1n) is 8.42. The second-order valence-electron chi connectivity index (χ2n) is 6.19. The SMILES string of the molecule is NC(=O)c1cnc(-n2cnc3ccccc32)cc1NCc1cc(F)cc(F)c1. The third-order valence-electron chi connectivity index (χ3n) is 4.26. The molecule has 0 atom stereocenters. The second kappa shape index (κ2) is 7.07. The van der Waals surface area contributed by atoms with Gasteiger partial charge in [0.2, 0.25) is 0 Å². The zero-order chi connectivity index (χ0) is 19.7. The quantitative estimate of drug-likeness (QED) is 0.556. The second-order valence-corrected chi connectivity index (χ2v) is 6.19. The summed E-state index contributed by atoms with van der Waals surface area (Å²) in [5.41, 5.74) is 8.04. The summed E-state index contributed by atoms with van der Waals surface area (Å²) >= 11 is 0. The van der Waals surface area contributed by atoms with Crippen LogP contribution in [0.2, 0.25) is 0 Å². The normalized spacial score (nSPS) is 10.9. The summed E-state index contributed by atoms with van der Waals surface area (Å²) in [7, 11) is 0. The van der Waals surface area contributed by atoms with Crippen molar-refractivity contribution in [1.82, 2.24) is 14.5 Å². The van der Waals surface area contributed by atoms with Crippen LogP contribution in [-0.2, 0) is 6.54 Å². The first-order valence-corrected chi connectivity index (χ1v) is 8.42. The van der Waals surface area contributed by atoms with Crippen LogP contribution in [0.4, 0.5) is 14.5 Å². The lowest BCUT2D eigenvalue weighted by Gasteiger charge is -2.13. The van der Waals surface area contributed by atoms with Gasteiger partial charge in [-0.1, -0.05) is 12.1 Å². The number of carbonyl (C=O) groups is 1. The monoisotopic (exact) mass is 379 g/mol. The van der Waals surface area contributed by atoms with Crippen molar-refractivity contribution in [1.29, 1.82) is 0 Å². The van der Waals surface area contributed by atoms with Crippen LogP contribution in [0.3, 0.4) is 0 Å². The van der Waals surface area contributed by atoms with Gasteiger partial charge in [-0.15, -0.1) is 0 Å². The highest BCUT2D eigenvalue weighted by molar-refractivity contribution is 5.98. The number of pyridine rings is 1. The summed E-state index contributed by atoms with van der Waals surface area (Å²) < 4.78 is 28.6. The number of anilines is 1. The van der Waals surface area contributed by atoms with Crippen LogP contribution in [0.1, 0.15) is 15.9 Å². The smallest absolute Gasteiger partial charge is 0.252 e. The van der Waals surface area contributed by atoms with E-state index in [-0.39, 0.29) is 12.1 Å². The van der Waals surface area contributed by atoms with Gasteiger partial charge in [0, 0.05) is 24.9 Å². The lowest BCUT2D eigenvalue weighted by Crippen LogP contribution is -2.16. The molecule has 2 aromatic carbocycles. The van der Waals surface area contributed by atoms with E-state index in [2.05, 4.69) is 15.3 Å². The van der Waals surface area contributed by atoms with Crippen LogP contribution in [0, 0.1) is 11.6 Å². The van der Waals surface area contributed by atoms with Crippen molar-refractivity contribution >= 4 is 22.6 Å². The Labute approximate surface area is 158 Å². The van der Waals surface area contributed by atoms with E-state index in [0.717, 1.165) is 17.1 Å². The molecule has 4 aromatic rings. The van der Waals surface area contributed by atoms with E-state index in [4.69, 9.17) is 5.73 Å². The standard InChI is InChI=1S/C20H15F2N5O/c21-13-5-12(6-14(22)7-13)9-24-17-8-19(25-10-15(17)20(23)28)27-11-26-16-3-1-2-4-18(16)27/h1-8,10-11H,9H2,(H2,23,28)(H,24,25). The van der Waals surface area contributed by atoms with Gasteiger partial charge in [-0.05, 0) is 29.8 Å². The number of halogens is 2.